The van der Waals surface area contributed by atoms with E-state index in [1.807, 2.05) is 10.4 Å². The van der Waals surface area contributed by atoms with Gasteiger partial charge in [-0.2, -0.15) is 5.10 Å². The summed E-state index contributed by atoms with van der Waals surface area (Å²) in [6.07, 6.45) is 3.66. The van der Waals surface area contributed by atoms with Gasteiger partial charge in [0.15, 0.2) is 16.4 Å². The van der Waals surface area contributed by atoms with Crippen molar-refractivity contribution in [2.45, 2.75) is 24.3 Å². The molecular formula is C27H31N7O4S. The molecule has 1 unspecified atom stereocenters. The number of nitrogens with zero attached hydrogens (tertiary/aromatic N) is 4. The Labute approximate surface area is 229 Å². The lowest BCUT2D eigenvalue weighted by Gasteiger charge is -2.26. The lowest BCUT2D eigenvalue weighted by Crippen LogP contribution is -2.35. The molecule has 0 spiro atoms. The van der Waals surface area contributed by atoms with Crippen LogP contribution in [0.5, 0.6) is 5.75 Å². The molecule has 2 saturated heterocycles. The van der Waals surface area contributed by atoms with Gasteiger partial charge in [0.2, 0.25) is 0 Å². The summed E-state index contributed by atoms with van der Waals surface area (Å²) < 4.78 is 25.8. The number of carbonyl (C=O) groups is 1. The number of hydrogen-bond donors (Lipinski definition) is 3. The fourth-order valence-electron chi connectivity index (χ4n) is 5.01. The minimum atomic E-state index is -1.33. The van der Waals surface area contributed by atoms with Crippen molar-refractivity contribution in [2.75, 3.05) is 51.8 Å². The monoisotopic (exact) mass is 549 g/mol. The van der Waals surface area contributed by atoms with Gasteiger partial charge in [0.1, 0.15) is 5.75 Å². The van der Waals surface area contributed by atoms with Crippen LogP contribution in [0.15, 0.2) is 47.5 Å². The molecule has 2 aliphatic rings. The van der Waals surface area contributed by atoms with Crippen LogP contribution in [-0.4, -0.2) is 86.3 Å². The van der Waals surface area contributed by atoms with E-state index in [0.29, 0.717) is 33.4 Å². The van der Waals surface area contributed by atoms with Gasteiger partial charge >= 0.3 is 0 Å². The number of ether oxygens (including phenoxy) is 2. The van der Waals surface area contributed by atoms with E-state index in [-0.39, 0.29) is 0 Å². The number of carbonyl (C=O) groups excluding carboxylic acids is 1. The molecule has 3 N–H and O–H groups in total. The van der Waals surface area contributed by atoms with E-state index in [1.165, 1.54) is 12.7 Å². The minimum Gasteiger partial charge on any atom is -0.593 e. The Morgan fingerprint density at radius 1 is 1.15 bits per heavy atom. The first-order valence-corrected chi connectivity index (χ1v) is 14.2. The SMILES string of the molecule is COc1ccc([S+]([O-])N2CCCC2)cc1C(=O)Nc1c[nH]nc1-c1nc2cc(CN3CCOCC3)ccc2[nH]1. The Hall–Kier alpha value is -3.42. The van der Waals surface area contributed by atoms with E-state index in [2.05, 4.69) is 37.5 Å². The van der Waals surface area contributed by atoms with Gasteiger partial charge in [-0.15, -0.1) is 4.31 Å². The number of fused-ring (bicyclic) bond motifs is 1. The molecule has 2 fully saturated rings. The molecule has 2 aromatic heterocycles. The Kier molecular flexibility index (Phi) is 7.53. The van der Waals surface area contributed by atoms with Crippen LogP contribution in [0, 0.1) is 0 Å². The molecule has 12 heteroatoms. The molecule has 0 bridgehead atoms. The Morgan fingerprint density at radius 2 is 1.97 bits per heavy atom. The number of rotatable bonds is 8. The molecule has 0 aliphatic carbocycles. The van der Waals surface area contributed by atoms with Crippen molar-refractivity contribution >= 4 is 34.0 Å². The maximum Gasteiger partial charge on any atom is 0.259 e. The van der Waals surface area contributed by atoms with E-state index >= 15 is 0 Å². The van der Waals surface area contributed by atoms with Crippen molar-refractivity contribution in [3.05, 3.63) is 53.7 Å². The van der Waals surface area contributed by atoms with Gasteiger partial charge in [-0.25, -0.2) is 4.98 Å². The molecule has 0 saturated carbocycles. The molecule has 1 amide bonds. The van der Waals surface area contributed by atoms with Crippen molar-refractivity contribution in [2.24, 2.45) is 0 Å². The van der Waals surface area contributed by atoms with Crippen LogP contribution in [0.25, 0.3) is 22.6 Å². The smallest absolute Gasteiger partial charge is 0.259 e. The van der Waals surface area contributed by atoms with Crippen molar-refractivity contribution < 1.29 is 18.8 Å². The highest BCUT2D eigenvalue weighted by Crippen LogP contribution is 2.30. The van der Waals surface area contributed by atoms with Gasteiger partial charge in [0, 0.05) is 45.0 Å². The zero-order valence-electron chi connectivity index (χ0n) is 21.7. The first-order chi connectivity index (χ1) is 19.1. The zero-order chi connectivity index (χ0) is 26.8. The molecule has 4 aromatic rings. The van der Waals surface area contributed by atoms with Gasteiger partial charge in [-0.1, -0.05) is 6.07 Å². The summed E-state index contributed by atoms with van der Waals surface area (Å²) in [7, 11) is 1.51. The van der Waals surface area contributed by atoms with E-state index in [0.717, 1.165) is 69.8 Å². The number of amides is 1. The maximum absolute atomic E-state index is 13.4. The highest BCUT2D eigenvalue weighted by atomic mass is 32.2. The third-order valence-electron chi connectivity index (χ3n) is 7.09. The molecule has 2 aliphatic heterocycles. The van der Waals surface area contributed by atoms with Crippen LogP contribution < -0.4 is 10.1 Å². The standard InChI is InChI=1S/C27H31N7O4S/c1-37-24-7-5-19(39(36)34-8-2-3-9-34)15-20(24)27(35)31-23-16-28-32-25(23)26-29-21-6-4-18(14-22(21)30-26)17-33-10-12-38-13-11-33/h4-7,14-16H,2-3,8-13,17H2,1H3,(H,28,32)(H,29,30)(H,31,35). The van der Waals surface area contributed by atoms with Crippen molar-refractivity contribution in [1.29, 1.82) is 0 Å². The lowest BCUT2D eigenvalue weighted by molar-refractivity contribution is 0.0342. The fraction of sp³-hybridized carbons (Fsp3) is 0.370. The van der Waals surface area contributed by atoms with Crippen LogP contribution >= 0.6 is 0 Å². The van der Waals surface area contributed by atoms with Gasteiger partial charge < -0.3 is 24.3 Å². The number of anilines is 1. The molecule has 4 heterocycles. The summed E-state index contributed by atoms with van der Waals surface area (Å²) in [6.45, 7) is 5.76. The molecular weight excluding hydrogens is 518 g/mol. The fourth-order valence-corrected chi connectivity index (χ4v) is 6.30. The molecule has 0 radical (unpaired) electrons. The maximum atomic E-state index is 13.4. The van der Waals surface area contributed by atoms with E-state index in [4.69, 9.17) is 14.5 Å². The number of morpholine rings is 1. The highest BCUT2D eigenvalue weighted by Gasteiger charge is 2.28. The topological polar surface area (TPSA) is 134 Å². The second-order valence-electron chi connectivity index (χ2n) is 9.67. The van der Waals surface area contributed by atoms with E-state index < -0.39 is 17.3 Å². The van der Waals surface area contributed by atoms with Gasteiger partial charge in [-0.05, 0) is 42.7 Å². The summed E-state index contributed by atoms with van der Waals surface area (Å²) in [5, 5.41) is 10.1. The van der Waals surface area contributed by atoms with Crippen LogP contribution in [0.4, 0.5) is 5.69 Å². The summed E-state index contributed by atoms with van der Waals surface area (Å²) >= 11 is -1.33. The number of nitrogens with one attached hydrogen (secondary N) is 3. The van der Waals surface area contributed by atoms with Gasteiger partial charge in [0.25, 0.3) is 5.91 Å². The number of imidazole rings is 1. The number of aromatic amines is 2. The van der Waals surface area contributed by atoms with Gasteiger partial charge in [0.05, 0.1) is 54.0 Å². The number of H-pyrrole nitrogens is 2. The summed E-state index contributed by atoms with van der Waals surface area (Å²) in [5.41, 5.74) is 4.15. The summed E-state index contributed by atoms with van der Waals surface area (Å²) in [5.74, 6) is 0.552. The van der Waals surface area contributed by atoms with Gasteiger partial charge in [-0.3, -0.25) is 14.8 Å². The summed E-state index contributed by atoms with van der Waals surface area (Å²) in [6, 6.07) is 11.3. The highest BCUT2D eigenvalue weighted by molar-refractivity contribution is 7.89. The Balaban J connectivity index is 1.22. The van der Waals surface area contributed by atoms with Crippen molar-refractivity contribution in [1.82, 2.24) is 29.4 Å². The third-order valence-corrected chi connectivity index (χ3v) is 8.58. The molecule has 1 atom stereocenters. The van der Waals surface area contributed by atoms with Crippen molar-refractivity contribution in [3.63, 3.8) is 0 Å². The quantitative estimate of drug-likeness (QED) is 0.285. The summed E-state index contributed by atoms with van der Waals surface area (Å²) in [4.78, 5) is 24.4. The normalized spacial score (nSPS) is 17.5. The van der Waals surface area contributed by atoms with Crippen LogP contribution in [0.2, 0.25) is 0 Å². The first-order valence-electron chi connectivity index (χ1n) is 13.1. The van der Waals surface area contributed by atoms with Crippen LogP contribution in [0.3, 0.4) is 0 Å². The van der Waals surface area contributed by atoms with E-state index in [1.54, 1.807) is 24.4 Å². The number of hydrogen-bond acceptors (Lipinski definition) is 8. The third kappa shape index (κ3) is 5.52. The molecule has 11 nitrogen and oxygen atoms in total. The zero-order valence-corrected chi connectivity index (χ0v) is 22.6. The van der Waals surface area contributed by atoms with E-state index in [9.17, 15) is 9.35 Å². The second kappa shape index (κ2) is 11.4. The van der Waals surface area contributed by atoms with Crippen molar-refractivity contribution in [3.8, 4) is 17.3 Å². The average Bonchev–Trinajstić information content (AvgIpc) is 3.74. The Bertz CT molecular complexity index is 1460. The average molecular weight is 550 g/mol. The number of methoxy groups -OCH3 is 1. The first kappa shape index (κ1) is 25.8. The number of aromatic nitrogens is 4. The second-order valence-corrected chi connectivity index (χ2v) is 11.2. The molecule has 204 valence electrons. The predicted molar refractivity (Wildman–Crippen MR) is 148 cm³/mol. The largest absolute Gasteiger partial charge is 0.593 e. The van der Waals surface area contributed by atoms with Crippen LogP contribution in [0.1, 0.15) is 28.8 Å². The molecule has 2 aromatic carbocycles. The minimum absolute atomic E-state index is 0.298. The van der Waals surface area contributed by atoms with Crippen LogP contribution in [-0.2, 0) is 22.6 Å². The molecule has 39 heavy (non-hydrogen) atoms. The number of benzene rings is 2. The Morgan fingerprint density at radius 3 is 2.77 bits per heavy atom. The lowest BCUT2D eigenvalue weighted by atomic mass is 10.2. The molecule has 6 rings (SSSR count). The predicted octanol–water partition coefficient (Wildman–Crippen LogP) is 3.16.